The molecule has 2 aromatic rings. The lowest BCUT2D eigenvalue weighted by Gasteiger charge is -2.22. The molecule has 1 heterocycles. The van der Waals surface area contributed by atoms with Crippen LogP contribution in [0.3, 0.4) is 0 Å². The molecule has 1 amide bonds. The van der Waals surface area contributed by atoms with Crippen LogP contribution >= 0.6 is 0 Å². The summed E-state index contributed by atoms with van der Waals surface area (Å²) in [6.07, 6.45) is 2.65. The van der Waals surface area contributed by atoms with Gasteiger partial charge >= 0.3 is 11.9 Å². The van der Waals surface area contributed by atoms with Gasteiger partial charge in [0.15, 0.2) is 0 Å². The first kappa shape index (κ1) is 13.4. The van der Waals surface area contributed by atoms with E-state index in [1.807, 2.05) is 30.3 Å². The number of benzene rings is 1. The molecule has 0 atom stereocenters. The fourth-order valence-corrected chi connectivity index (χ4v) is 2.00. The first-order valence-corrected chi connectivity index (χ1v) is 6.77. The lowest BCUT2D eigenvalue weighted by Crippen LogP contribution is -2.32. The third kappa shape index (κ3) is 2.94. The number of hydrogen-bond acceptors (Lipinski definition) is 5. The van der Waals surface area contributed by atoms with Gasteiger partial charge in [-0.2, -0.15) is 5.48 Å². The number of amides is 1. The summed E-state index contributed by atoms with van der Waals surface area (Å²) in [5.41, 5.74) is 3.48. The smallest absolute Gasteiger partial charge is 0.335 e. The molecule has 1 aliphatic rings. The highest BCUT2D eigenvalue weighted by Gasteiger charge is 2.28. The predicted molar refractivity (Wildman–Crippen MR) is 72.8 cm³/mol. The van der Waals surface area contributed by atoms with Gasteiger partial charge in [0.05, 0.1) is 5.92 Å². The van der Waals surface area contributed by atoms with E-state index in [0.717, 1.165) is 24.8 Å². The van der Waals surface area contributed by atoms with Crippen LogP contribution in [0.5, 0.6) is 0 Å². The van der Waals surface area contributed by atoms with E-state index in [9.17, 15) is 9.59 Å². The standard InChI is InChI=1S/C15H14N2O4/c18-14(17-21-15(19)11-7-4-8-11)13-9-12(16-20-13)10-5-2-1-3-6-10/h1-3,5-6,9,11H,4,7-8H2,(H,17,18). The van der Waals surface area contributed by atoms with Gasteiger partial charge in [-0.25, -0.2) is 4.79 Å². The molecule has 0 bridgehead atoms. The maximum atomic E-state index is 11.8. The molecule has 21 heavy (non-hydrogen) atoms. The van der Waals surface area contributed by atoms with E-state index in [4.69, 9.17) is 9.36 Å². The summed E-state index contributed by atoms with van der Waals surface area (Å²) >= 11 is 0. The topological polar surface area (TPSA) is 81.4 Å². The molecular weight excluding hydrogens is 272 g/mol. The summed E-state index contributed by atoms with van der Waals surface area (Å²) in [6.45, 7) is 0. The summed E-state index contributed by atoms with van der Waals surface area (Å²) < 4.78 is 4.96. The Labute approximate surface area is 121 Å². The molecule has 0 radical (unpaired) electrons. The van der Waals surface area contributed by atoms with Crippen LogP contribution in [0.25, 0.3) is 11.3 Å². The van der Waals surface area contributed by atoms with Gasteiger partial charge in [-0.3, -0.25) is 4.79 Å². The quantitative estimate of drug-likeness (QED) is 0.876. The predicted octanol–water partition coefficient (Wildman–Crippen LogP) is 2.33. The van der Waals surface area contributed by atoms with Crippen molar-refractivity contribution in [3.05, 3.63) is 42.2 Å². The number of carbonyl (C=O) groups excluding carboxylic acids is 2. The van der Waals surface area contributed by atoms with Crippen LogP contribution in [0.2, 0.25) is 0 Å². The Hall–Kier alpha value is -2.63. The highest BCUT2D eigenvalue weighted by molar-refractivity contribution is 5.92. The third-order valence-electron chi connectivity index (χ3n) is 3.49. The van der Waals surface area contributed by atoms with Crippen LogP contribution in [-0.4, -0.2) is 17.0 Å². The van der Waals surface area contributed by atoms with E-state index in [0.29, 0.717) is 5.69 Å². The van der Waals surface area contributed by atoms with Crippen molar-refractivity contribution in [3.8, 4) is 11.3 Å². The van der Waals surface area contributed by atoms with E-state index in [1.54, 1.807) is 0 Å². The summed E-state index contributed by atoms with van der Waals surface area (Å²) in [4.78, 5) is 28.1. The minimum absolute atomic E-state index is 0.00439. The number of hydrogen-bond donors (Lipinski definition) is 1. The van der Waals surface area contributed by atoms with Gasteiger partial charge in [0.25, 0.3) is 0 Å². The SMILES string of the molecule is O=C(NOC(=O)C1CCC1)c1cc(-c2ccccc2)no1. The molecule has 0 saturated heterocycles. The molecule has 1 saturated carbocycles. The second-order valence-electron chi connectivity index (χ2n) is 4.92. The number of aromatic nitrogens is 1. The van der Waals surface area contributed by atoms with Crippen LogP contribution in [0.15, 0.2) is 40.9 Å². The van der Waals surface area contributed by atoms with E-state index in [1.165, 1.54) is 6.07 Å². The van der Waals surface area contributed by atoms with Crippen LogP contribution in [0.4, 0.5) is 0 Å². The fourth-order valence-electron chi connectivity index (χ4n) is 2.00. The van der Waals surface area contributed by atoms with Gasteiger partial charge in [-0.05, 0) is 12.8 Å². The molecule has 6 heteroatoms. The summed E-state index contributed by atoms with van der Waals surface area (Å²) in [5, 5.41) is 3.82. The van der Waals surface area contributed by atoms with Crippen LogP contribution < -0.4 is 5.48 Å². The molecule has 1 aromatic heterocycles. The van der Waals surface area contributed by atoms with Crippen molar-refractivity contribution in [2.24, 2.45) is 5.92 Å². The minimum Gasteiger partial charge on any atom is -0.350 e. The normalized spacial score (nSPS) is 14.3. The Morgan fingerprint density at radius 2 is 2.00 bits per heavy atom. The molecule has 3 rings (SSSR count). The molecule has 108 valence electrons. The second kappa shape index (κ2) is 5.78. The summed E-state index contributed by atoms with van der Waals surface area (Å²) in [5.74, 6) is -1.13. The Morgan fingerprint density at radius 3 is 2.67 bits per heavy atom. The molecule has 1 aliphatic carbocycles. The van der Waals surface area contributed by atoms with Gasteiger partial charge in [0.2, 0.25) is 5.76 Å². The van der Waals surface area contributed by atoms with Crippen molar-refractivity contribution in [2.75, 3.05) is 0 Å². The zero-order valence-corrected chi connectivity index (χ0v) is 11.2. The molecule has 0 unspecified atom stereocenters. The average molecular weight is 286 g/mol. The lowest BCUT2D eigenvalue weighted by molar-refractivity contribution is -0.157. The highest BCUT2D eigenvalue weighted by atomic mass is 16.7. The largest absolute Gasteiger partial charge is 0.350 e. The van der Waals surface area contributed by atoms with E-state index < -0.39 is 11.9 Å². The molecule has 1 fully saturated rings. The van der Waals surface area contributed by atoms with Crippen LogP contribution in [0, 0.1) is 5.92 Å². The summed E-state index contributed by atoms with van der Waals surface area (Å²) in [7, 11) is 0. The Morgan fingerprint density at radius 1 is 1.24 bits per heavy atom. The first-order chi connectivity index (χ1) is 10.2. The second-order valence-corrected chi connectivity index (χ2v) is 4.92. The molecule has 0 spiro atoms. The van der Waals surface area contributed by atoms with Crippen molar-refractivity contribution in [1.82, 2.24) is 10.6 Å². The number of rotatable bonds is 3. The van der Waals surface area contributed by atoms with Gasteiger partial charge in [0, 0.05) is 11.6 Å². The van der Waals surface area contributed by atoms with Gasteiger partial charge in [0.1, 0.15) is 5.69 Å². The maximum absolute atomic E-state index is 11.8. The lowest BCUT2D eigenvalue weighted by atomic mass is 9.86. The van der Waals surface area contributed by atoms with Gasteiger partial charge in [-0.1, -0.05) is 41.9 Å². The fraction of sp³-hybridized carbons (Fsp3) is 0.267. The van der Waals surface area contributed by atoms with Crippen molar-refractivity contribution >= 4 is 11.9 Å². The number of hydroxylamine groups is 1. The number of nitrogens with zero attached hydrogens (tertiary/aromatic N) is 1. The summed E-state index contributed by atoms with van der Waals surface area (Å²) in [6, 6.07) is 10.8. The van der Waals surface area contributed by atoms with Gasteiger partial charge < -0.3 is 9.36 Å². The molecule has 1 aromatic carbocycles. The number of carbonyl (C=O) groups is 2. The van der Waals surface area contributed by atoms with Crippen LogP contribution in [0.1, 0.15) is 29.8 Å². The van der Waals surface area contributed by atoms with Crippen molar-refractivity contribution in [1.29, 1.82) is 0 Å². The zero-order valence-electron chi connectivity index (χ0n) is 11.2. The highest BCUT2D eigenvalue weighted by Crippen LogP contribution is 2.27. The van der Waals surface area contributed by atoms with Crippen molar-refractivity contribution in [2.45, 2.75) is 19.3 Å². The molecule has 0 aliphatic heterocycles. The van der Waals surface area contributed by atoms with E-state index >= 15 is 0 Å². The van der Waals surface area contributed by atoms with Gasteiger partial charge in [-0.15, -0.1) is 0 Å². The Bertz CT molecular complexity index is 647. The average Bonchev–Trinajstić information content (AvgIpc) is 2.94. The molecular formula is C15H14N2O4. The molecule has 1 N–H and O–H groups in total. The Balaban J connectivity index is 1.60. The monoisotopic (exact) mass is 286 g/mol. The van der Waals surface area contributed by atoms with E-state index in [2.05, 4.69) is 10.6 Å². The van der Waals surface area contributed by atoms with E-state index in [-0.39, 0.29) is 11.7 Å². The first-order valence-electron chi connectivity index (χ1n) is 6.77. The zero-order chi connectivity index (χ0) is 14.7. The van der Waals surface area contributed by atoms with Crippen LogP contribution in [-0.2, 0) is 9.63 Å². The van der Waals surface area contributed by atoms with Crippen molar-refractivity contribution < 1.29 is 18.9 Å². The Kier molecular flexibility index (Phi) is 3.68. The third-order valence-corrected chi connectivity index (χ3v) is 3.49. The molecule has 6 nitrogen and oxygen atoms in total. The van der Waals surface area contributed by atoms with Crippen molar-refractivity contribution in [3.63, 3.8) is 0 Å². The minimum atomic E-state index is -0.627. The maximum Gasteiger partial charge on any atom is 0.335 e. The number of nitrogens with one attached hydrogen (secondary N) is 1.